The van der Waals surface area contributed by atoms with Crippen LogP contribution in [0.15, 0.2) is 35.3 Å². The number of hydrogen-bond acceptors (Lipinski definition) is 3. The minimum Gasteiger partial charge on any atom is -0.310 e. The molecule has 0 aliphatic carbocycles. The zero-order chi connectivity index (χ0) is 12.3. The molecule has 3 nitrogen and oxygen atoms in total. The molecule has 1 heterocycles. The van der Waals surface area contributed by atoms with E-state index in [9.17, 15) is 4.79 Å². The fraction of sp³-hybridized carbons (Fsp3) is 0.385. The summed E-state index contributed by atoms with van der Waals surface area (Å²) in [7, 11) is 0. The molecule has 0 saturated carbocycles. The van der Waals surface area contributed by atoms with Gasteiger partial charge >= 0.3 is 0 Å². The van der Waals surface area contributed by atoms with Gasteiger partial charge in [0, 0.05) is 17.5 Å². The predicted octanol–water partition coefficient (Wildman–Crippen LogP) is 2.57. The maximum Gasteiger partial charge on any atom is 0.164 e. The van der Waals surface area contributed by atoms with Crippen molar-refractivity contribution in [2.24, 2.45) is 4.99 Å². The predicted molar refractivity (Wildman–Crippen MR) is 73.8 cm³/mol. The minimum atomic E-state index is -0.0973. The molecule has 0 spiro atoms. The van der Waals surface area contributed by atoms with E-state index in [1.807, 2.05) is 49.1 Å². The number of carbonyl (C=O) groups excluding carboxylic acids is 1. The molecule has 4 heteroatoms. The third-order valence-electron chi connectivity index (χ3n) is 2.48. The van der Waals surface area contributed by atoms with Crippen LogP contribution in [0.4, 0.5) is 5.69 Å². The summed E-state index contributed by atoms with van der Waals surface area (Å²) < 4.78 is 0. The largest absolute Gasteiger partial charge is 0.310 e. The third-order valence-corrected chi connectivity index (χ3v) is 3.55. The van der Waals surface area contributed by atoms with Crippen molar-refractivity contribution >= 4 is 28.9 Å². The van der Waals surface area contributed by atoms with E-state index >= 15 is 0 Å². The van der Waals surface area contributed by atoms with E-state index in [-0.39, 0.29) is 12.1 Å². The van der Waals surface area contributed by atoms with E-state index in [1.54, 1.807) is 11.8 Å². The minimum absolute atomic E-state index is 0.0973. The Morgan fingerprint density at radius 3 is 2.71 bits per heavy atom. The summed E-state index contributed by atoms with van der Waals surface area (Å²) in [6.45, 7) is 4.09. The average Bonchev–Trinajstić information content (AvgIpc) is 2.72. The topological polar surface area (TPSA) is 32.7 Å². The van der Waals surface area contributed by atoms with Gasteiger partial charge in [0.2, 0.25) is 0 Å². The number of thioether (sulfide) groups is 1. The van der Waals surface area contributed by atoms with E-state index in [0.717, 1.165) is 22.9 Å². The zero-order valence-electron chi connectivity index (χ0n) is 10.0. The molecule has 90 valence electrons. The molecule has 1 atom stereocenters. The Hall–Kier alpha value is -1.29. The molecule has 0 radical (unpaired) electrons. The Balaban J connectivity index is 2.34. The lowest BCUT2D eigenvalue weighted by Crippen LogP contribution is -2.35. The van der Waals surface area contributed by atoms with E-state index in [2.05, 4.69) is 4.99 Å². The van der Waals surface area contributed by atoms with Crippen LogP contribution in [0.25, 0.3) is 0 Å². The van der Waals surface area contributed by atoms with Crippen molar-refractivity contribution < 1.29 is 4.79 Å². The van der Waals surface area contributed by atoms with Gasteiger partial charge in [-0.2, -0.15) is 0 Å². The summed E-state index contributed by atoms with van der Waals surface area (Å²) in [6.07, 6.45) is 1.00. The Kier molecular flexibility index (Phi) is 3.84. The van der Waals surface area contributed by atoms with Crippen LogP contribution in [0.3, 0.4) is 0 Å². The molecule has 2 rings (SSSR count). The van der Waals surface area contributed by atoms with Crippen LogP contribution in [0, 0.1) is 0 Å². The fourth-order valence-electron chi connectivity index (χ4n) is 1.76. The molecule has 0 N–H and O–H groups in total. The Morgan fingerprint density at radius 1 is 1.41 bits per heavy atom. The van der Waals surface area contributed by atoms with Gasteiger partial charge in [-0.3, -0.25) is 4.99 Å². The van der Waals surface area contributed by atoms with Crippen LogP contribution in [0.2, 0.25) is 0 Å². The van der Waals surface area contributed by atoms with Gasteiger partial charge in [-0.15, -0.1) is 0 Å². The second-order valence-electron chi connectivity index (χ2n) is 4.23. The summed E-state index contributed by atoms with van der Waals surface area (Å²) in [5.41, 5.74) is 1.04. The van der Waals surface area contributed by atoms with Gasteiger partial charge < -0.3 is 9.69 Å². The van der Waals surface area contributed by atoms with Crippen molar-refractivity contribution in [1.29, 1.82) is 0 Å². The summed E-state index contributed by atoms with van der Waals surface area (Å²) in [5, 5.41) is 0.948. The molecule has 1 aliphatic rings. The van der Waals surface area contributed by atoms with Crippen LogP contribution >= 0.6 is 11.8 Å². The fourth-order valence-corrected chi connectivity index (χ4v) is 2.97. The molecule has 0 amide bonds. The van der Waals surface area contributed by atoms with E-state index in [1.165, 1.54) is 0 Å². The Labute approximate surface area is 106 Å². The Morgan fingerprint density at radius 2 is 2.12 bits per heavy atom. The lowest BCUT2D eigenvalue weighted by molar-refractivity contribution is -0.108. The molecule has 1 aromatic rings. The number of aliphatic imine (C=N–C) groups is 1. The van der Waals surface area contributed by atoms with Crippen molar-refractivity contribution in [3.8, 4) is 0 Å². The first-order valence-corrected chi connectivity index (χ1v) is 6.71. The number of rotatable bonds is 3. The number of hydrogen-bond donors (Lipinski definition) is 0. The van der Waals surface area contributed by atoms with Crippen molar-refractivity contribution in [2.45, 2.75) is 25.9 Å². The lowest BCUT2D eigenvalue weighted by Gasteiger charge is -2.22. The van der Waals surface area contributed by atoms with E-state index in [4.69, 9.17) is 0 Å². The first-order valence-electron chi connectivity index (χ1n) is 5.72. The zero-order valence-corrected chi connectivity index (χ0v) is 10.9. The van der Waals surface area contributed by atoms with Crippen molar-refractivity contribution in [3.63, 3.8) is 0 Å². The quantitative estimate of drug-likeness (QED) is 0.771. The van der Waals surface area contributed by atoms with Gasteiger partial charge in [-0.1, -0.05) is 30.0 Å². The van der Waals surface area contributed by atoms with Gasteiger partial charge in [0.05, 0.1) is 0 Å². The van der Waals surface area contributed by atoms with Crippen LogP contribution in [0.5, 0.6) is 0 Å². The second-order valence-corrected chi connectivity index (χ2v) is 5.21. The average molecular weight is 248 g/mol. The molecule has 1 aliphatic heterocycles. The number of anilines is 1. The van der Waals surface area contributed by atoms with Crippen molar-refractivity contribution in [1.82, 2.24) is 0 Å². The molecule has 1 saturated heterocycles. The third kappa shape index (κ3) is 2.69. The van der Waals surface area contributed by atoms with Crippen LogP contribution in [0.1, 0.15) is 13.8 Å². The highest BCUT2D eigenvalue weighted by Gasteiger charge is 2.31. The Bertz CT molecular complexity index is 417. The second kappa shape index (κ2) is 5.36. The smallest absolute Gasteiger partial charge is 0.164 e. The highest BCUT2D eigenvalue weighted by atomic mass is 32.2. The molecule has 17 heavy (non-hydrogen) atoms. The standard InChI is InChI=1S/C13H16N2OS/c1-10(2)14-13-15(12(8-16)9-17-13)11-6-4-3-5-7-11/h3-8,10,12H,9H2,1-2H3/b14-13-. The highest BCUT2D eigenvalue weighted by Crippen LogP contribution is 2.29. The first-order chi connectivity index (χ1) is 8.22. The summed E-state index contributed by atoms with van der Waals surface area (Å²) in [6, 6.07) is 10.1. The van der Waals surface area contributed by atoms with Crippen LogP contribution in [-0.2, 0) is 4.79 Å². The molecular formula is C13H16N2OS. The molecule has 1 unspecified atom stereocenters. The number of para-hydroxylation sites is 1. The molecule has 0 aromatic heterocycles. The number of benzene rings is 1. The first kappa shape index (κ1) is 12.2. The van der Waals surface area contributed by atoms with Crippen LogP contribution in [-0.4, -0.2) is 29.3 Å². The molecular weight excluding hydrogens is 232 g/mol. The summed E-state index contributed by atoms with van der Waals surface area (Å²) in [4.78, 5) is 17.7. The number of carbonyl (C=O) groups is 1. The van der Waals surface area contributed by atoms with E-state index < -0.39 is 0 Å². The molecule has 1 fully saturated rings. The number of aldehydes is 1. The number of amidine groups is 1. The van der Waals surface area contributed by atoms with Crippen molar-refractivity contribution in [2.75, 3.05) is 10.7 Å². The number of nitrogens with zero attached hydrogens (tertiary/aromatic N) is 2. The maximum atomic E-state index is 11.1. The molecule has 0 bridgehead atoms. The van der Waals surface area contributed by atoms with E-state index in [0.29, 0.717) is 0 Å². The van der Waals surface area contributed by atoms with Gasteiger partial charge in [0.25, 0.3) is 0 Å². The van der Waals surface area contributed by atoms with Gasteiger partial charge in [-0.25, -0.2) is 0 Å². The normalized spacial score (nSPS) is 22.4. The van der Waals surface area contributed by atoms with Crippen LogP contribution < -0.4 is 4.90 Å². The van der Waals surface area contributed by atoms with Gasteiger partial charge in [0.1, 0.15) is 12.3 Å². The summed E-state index contributed by atoms with van der Waals surface area (Å²) in [5.74, 6) is 0.782. The molecule has 1 aromatic carbocycles. The highest BCUT2D eigenvalue weighted by molar-refractivity contribution is 8.14. The monoisotopic (exact) mass is 248 g/mol. The van der Waals surface area contributed by atoms with Gasteiger partial charge in [-0.05, 0) is 26.0 Å². The van der Waals surface area contributed by atoms with Gasteiger partial charge in [0.15, 0.2) is 5.17 Å². The summed E-state index contributed by atoms with van der Waals surface area (Å²) >= 11 is 1.65. The SMILES string of the molecule is CC(C)/N=C1\SCC(C=O)N1c1ccccc1. The van der Waals surface area contributed by atoms with Crippen molar-refractivity contribution in [3.05, 3.63) is 30.3 Å². The maximum absolute atomic E-state index is 11.1. The lowest BCUT2D eigenvalue weighted by atomic mass is 10.2.